The van der Waals surface area contributed by atoms with Gasteiger partial charge in [-0.15, -0.1) is 0 Å². The van der Waals surface area contributed by atoms with Gasteiger partial charge < -0.3 is 15.7 Å². The number of hydrogen-bond acceptors (Lipinski definition) is 4. The number of thiocarbonyl (C=S) groups is 1. The first-order valence-corrected chi connectivity index (χ1v) is 6.92. The smallest absolute Gasteiger partial charge is 0.391 e. The fraction of sp³-hybridized carbons (Fsp3) is 0.538. The topological polar surface area (TPSA) is 62.4 Å². The number of halogens is 3. The van der Waals surface area contributed by atoms with Gasteiger partial charge in [0.25, 0.3) is 0 Å². The van der Waals surface area contributed by atoms with E-state index in [4.69, 9.17) is 18.0 Å². The van der Waals surface area contributed by atoms with E-state index in [1.54, 1.807) is 4.90 Å². The number of aromatic nitrogens is 1. The summed E-state index contributed by atoms with van der Waals surface area (Å²) in [5.74, 6) is 0.184. The summed E-state index contributed by atoms with van der Waals surface area (Å²) in [6, 6.07) is 2.10. The van der Waals surface area contributed by atoms with Crippen LogP contribution in [0.2, 0.25) is 0 Å². The highest BCUT2D eigenvalue weighted by molar-refractivity contribution is 7.80. The SMILES string of the molecule is CC1CCN(c2nc(C(F)(F)F)ccc2C(N)=S)CC1O. The van der Waals surface area contributed by atoms with E-state index in [2.05, 4.69) is 4.98 Å². The second-order valence-corrected chi connectivity index (χ2v) is 5.65. The lowest BCUT2D eigenvalue weighted by Crippen LogP contribution is -2.44. The summed E-state index contributed by atoms with van der Waals surface area (Å²) in [5, 5.41) is 9.91. The molecule has 21 heavy (non-hydrogen) atoms. The summed E-state index contributed by atoms with van der Waals surface area (Å²) in [6.07, 6.45) is -4.49. The molecule has 2 rings (SSSR count). The van der Waals surface area contributed by atoms with E-state index in [9.17, 15) is 18.3 Å². The Balaban J connectivity index is 2.42. The van der Waals surface area contributed by atoms with E-state index in [1.807, 2.05) is 6.92 Å². The summed E-state index contributed by atoms with van der Waals surface area (Å²) < 4.78 is 38.4. The molecular formula is C13H16F3N3OS. The molecule has 116 valence electrons. The molecule has 1 aromatic heterocycles. The standard InChI is InChI=1S/C13H16F3N3OS/c1-7-4-5-19(6-9(7)20)12-8(11(17)21)2-3-10(18-12)13(14,15)16/h2-3,7,9,20H,4-6H2,1H3,(H2,17,21). The van der Waals surface area contributed by atoms with E-state index in [1.165, 1.54) is 6.07 Å². The molecule has 0 aromatic carbocycles. The third kappa shape index (κ3) is 3.44. The van der Waals surface area contributed by atoms with Crippen LogP contribution in [0.5, 0.6) is 0 Å². The maximum absolute atomic E-state index is 12.8. The number of piperidine rings is 1. The molecule has 1 aliphatic rings. The molecule has 1 aromatic rings. The molecule has 4 nitrogen and oxygen atoms in total. The van der Waals surface area contributed by atoms with E-state index >= 15 is 0 Å². The molecule has 0 spiro atoms. The summed E-state index contributed by atoms with van der Waals surface area (Å²) in [7, 11) is 0. The number of β-amino-alcohol motifs (C(OH)–C–C–N with tert-alkyl or cyclic N) is 1. The summed E-state index contributed by atoms with van der Waals surface area (Å²) in [5.41, 5.74) is 4.86. The van der Waals surface area contributed by atoms with Crippen molar-refractivity contribution in [1.82, 2.24) is 4.98 Å². The zero-order valence-electron chi connectivity index (χ0n) is 11.4. The van der Waals surface area contributed by atoms with Gasteiger partial charge in [-0.2, -0.15) is 13.2 Å². The number of aliphatic hydroxyl groups is 1. The van der Waals surface area contributed by atoms with Crippen LogP contribution >= 0.6 is 12.2 Å². The Kier molecular flexibility index (Phi) is 4.38. The lowest BCUT2D eigenvalue weighted by molar-refractivity contribution is -0.141. The predicted molar refractivity (Wildman–Crippen MR) is 77.1 cm³/mol. The van der Waals surface area contributed by atoms with Crippen molar-refractivity contribution in [2.75, 3.05) is 18.0 Å². The van der Waals surface area contributed by atoms with Crippen LogP contribution in [0.25, 0.3) is 0 Å². The van der Waals surface area contributed by atoms with Gasteiger partial charge in [-0.1, -0.05) is 19.1 Å². The number of rotatable bonds is 2. The molecule has 1 fully saturated rings. The van der Waals surface area contributed by atoms with Gasteiger partial charge in [0.05, 0.1) is 11.7 Å². The van der Waals surface area contributed by atoms with Gasteiger partial charge in [0, 0.05) is 13.1 Å². The average molecular weight is 319 g/mol. The lowest BCUT2D eigenvalue weighted by atomic mass is 9.96. The Morgan fingerprint density at radius 1 is 1.48 bits per heavy atom. The number of anilines is 1. The van der Waals surface area contributed by atoms with Gasteiger partial charge in [0.15, 0.2) is 0 Å². The average Bonchev–Trinajstić information content (AvgIpc) is 2.40. The molecule has 1 saturated heterocycles. The Hall–Kier alpha value is -1.41. The van der Waals surface area contributed by atoms with Crippen LogP contribution in [0.15, 0.2) is 12.1 Å². The van der Waals surface area contributed by atoms with Crippen molar-refractivity contribution >= 4 is 23.0 Å². The minimum absolute atomic E-state index is 0.0145. The maximum atomic E-state index is 12.8. The highest BCUT2D eigenvalue weighted by Crippen LogP contribution is 2.32. The fourth-order valence-electron chi connectivity index (χ4n) is 2.28. The third-order valence-corrected chi connectivity index (χ3v) is 3.87. The number of alkyl halides is 3. The van der Waals surface area contributed by atoms with E-state index < -0.39 is 18.0 Å². The van der Waals surface area contributed by atoms with Crippen LogP contribution in [0.1, 0.15) is 24.6 Å². The number of pyridine rings is 1. The lowest BCUT2D eigenvalue weighted by Gasteiger charge is -2.36. The van der Waals surface area contributed by atoms with Gasteiger partial charge in [-0.05, 0) is 24.5 Å². The Bertz CT molecular complexity index is 550. The molecule has 0 saturated carbocycles. The highest BCUT2D eigenvalue weighted by Gasteiger charge is 2.35. The second-order valence-electron chi connectivity index (χ2n) is 5.21. The van der Waals surface area contributed by atoms with Gasteiger partial charge in [0.1, 0.15) is 16.5 Å². The largest absolute Gasteiger partial charge is 0.433 e. The number of aliphatic hydroxyl groups excluding tert-OH is 1. The zero-order chi connectivity index (χ0) is 15.8. The monoisotopic (exact) mass is 319 g/mol. The molecule has 2 atom stereocenters. The Labute approximate surface area is 125 Å². The quantitative estimate of drug-likeness (QED) is 0.816. The van der Waals surface area contributed by atoms with Crippen molar-refractivity contribution in [1.29, 1.82) is 0 Å². The first-order valence-electron chi connectivity index (χ1n) is 6.51. The molecule has 1 aliphatic heterocycles. The maximum Gasteiger partial charge on any atom is 0.433 e. The first kappa shape index (κ1) is 16.0. The molecular weight excluding hydrogens is 303 g/mol. The number of nitrogens with two attached hydrogens (primary N) is 1. The van der Waals surface area contributed by atoms with Crippen LogP contribution in [0.4, 0.5) is 19.0 Å². The van der Waals surface area contributed by atoms with Crippen molar-refractivity contribution in [2.45, 2.75) is 25.6 Å². The van der Waals surface area contributed by atoms with Crippen molar-refractivity contribution in [3.63, 3.8) is 0 Å². The fourth-order valence-corrected chi connectivity index (χ4v) is 2.44. The highest BCUT2D eigenvalue weighted by atomic mass is 32.1. The summed E-state index contributed by atoms with van der Waals surface area (Å²) in [4.78, 5) is 5.26. The number of hydrogen-bond donors (Lipinski definition) is 2. The number of nitrogens with zero attached hydrogens (tertiary/aromatic N) is 2. The minimum atomic E-state index is -4.54. The van der Waals surface area contributed by atoms with E-state index in [0.717, 1.165) is 6.07 Å². The van der Waals surface area contributed by atoms with Gasteiger partial charge >= 0.3 is 6.18 Å². The van der Waals surface area contributed by atoms with Crippen LogP contribution in [-0.4, -0.2) is 34.3 Å². The van der Waals surface area contributed by atoms with Crippen LogP contribution < -0.4 is 10.6 Å². The Morgan fingerprint density at radius 3 is 2.67 bits per heavy atom. The van der Waals surface area contributed by atoms with Crippen LogP contribution in [0.3, 0.4) is 0 Å². The molecule has 0 amide bonds. The molecule has 0 bridgehead atoms. The predicted octanol–water partition coefficient (Wildman–Crippen LogP) is 1.94. The van der Waals surface area contributed by atoms with Crippen LogP contribution in [0, 0.1) is 5.92 Å². The van der Waals surface area contributed by atoms with Crippen molar-refractivity contribution in [3.8, 4) is 0 Å². The van der Waals surface area contributed by atoms with E-state index in [-0.39, 0.29) is 23.3 Å². The normalized spacial score (nSPS) is 23.2. The van der Waals surface area contributed by atoms with Crippen molar-refractivity contribution in [2.24, 2.45) is 11.7 Å². The van der Waals surface area contributed by atoms with Crippen molar-refractivity contribution in [3.05, 3.63) is 23.4 Å². The summed E-state index contributed by atoms with van der Waals surface area (Å²) in [6.45, 7) is 2.61. The molecule has 2 unspecified atom stereocenters. The molecule has 0 aliphatic carbocycles. The Morgan fingerprint density at radius 2 is 2.14 bits per heavy atom. The molecule has 2 heterocycles. The summed E-state index contributed by atoms with van der Waals surface area (Å²) >= 11 is 4.88. The minimum Gasteiger partial charge on any atom is -0.391 e. The zero-order valence-corrected chi connectivity index (χ0v) is 12.2. The van der Waals surface area contributed by atoms with Crippen LogP contribution in [-0.2, 0) is 6.18 Å². The van der Waals surface area contributed by atoms with E-state index in [0.29, 0.717) is 18.5 Å². The molecule has 8 heteroatoms. The second kappa shape index (κ2) is 5.76. The molecule has 0 radical (unpaired) electrons. The molecule has 3 N–H and O–H groups in total. The van der Waals surface area contributed by atoms with Crippen molar-refractivity contribution < 1.29 is 18.3 Å². The third-order valence-electron chi connectivity index (χ3n) is 3.65. The van der Waals surface area contributed by atoms with Gasteiger partial charge in [-0.25, -0.2) is 4.98 Å². The van der Waals surface area contributed by atoms with Gasteiger partial charge in [-0.3, -0.25) is 0 Å². The van der Waals surface area contributed by atoms with Gasteiger partial charge in [0.2, 0.25) is 0 Å². The first-order chi connectivity index (χ1) is 9.70.